The number of hydrogen-bond acceptors (Lipinski definition) is 2. The minimum absolute atomic E-state index is 0.0913. The molecule has 0 aromatic heterocycles. The standard InChI is InChI=1S/C12H16ClN3O/c13-10-3-1-2-4-11(10)16-8-9(5-6-14)7-15-12(16)17/h1-4,9H,5-8,14H2,(H,15,17). The van der Waals surface area contributed by atoms with E-state index in [1.165, 1.54) is 0 Å². The van der Waals surface area contributed by atoms with Crippen LogP contribution in [0.15, 0.2) is 24.3 Å². The Balaban J connectivity index is 2.18. The highest BCUT2D eigenvalue weighted by Gasteiger charge is 2.26. The van der Waals surface area contributed by atoms with Crippen LogP contribution in [0.2, 0.25) is 5.02 Å². The van der Waals surface area contributed by atoms with Gasteiger partial charge in [0.15, 0.2) is 0 Å². The quantitative estimate of drug-likeness (QED) is 0.864. The van der Waals surface area contributed by atoms with Crippen molar-refractivity contribution in [3.05, 3.63) is 29.3 Å². The Labute approximate surface area is 106 Å². The zero-order valence-corrected chi connectivity index (χ0v) is 10.3. The number of carbonyl (C=O) groups excluding carboxylic acids is 1. The van der Waals surface area contributed by atoms with Gasteiger partial charge in [0.2, 0.25) is 0 Å². The fourth-order valence-electron chi connectivity index (χ4n) is 2.04. The first-order valence-corrected chi connectivity index (χ1v) is 6.10. The van der Waals surface area contributed by atoms with Crippen LogP contribution in [0.1, 0.15) is 6.42 Å². The predicted octanol–water partition coefficient (Wildman–Crippen LogP) is 1.83. The largest absolute Gasteiger partial charge is 0.337 e. The van der Waals surface area contributed by atoms with Crippen molar-refractivity contribution in [3.8, 4) is 0 Å². The van der Waals surface area contributed by atoms with E-state index in [-0.39, 0.29) is 6.03 Å². The summed E-state index contributed by atoms with van der Waals surface area (Å²) < 4.78 is 0. The lowest BCUT2D eigenvalue weighted by Gasteiger charge is -2.33. The van der Waals surface area contributed by atoms with Crippen molar-refractivity contribution in [2.75, 3.05) is 24.5 Å². The maximum atomic E-state index is 11.8. The minimum Gasteiger partial charge on any atom is -0.337 e. The maximum Gasteiger partial charge on any atom is 0.321 e. The molecule has 1 fully saturated rings. The molecule has 0 spiro atoms. The summed E-state index contributed by atoms with van der Waals surface area (Å²) in [6, 6.07) is 7.28. The number of nitrogens with one attached hydrogen (secondary N) is 1. The molecule has 1 saturated heterocycles. The molecule has 1 aliphatic heterocycles. The smallest absolute Gasteiger partial charge is 0.321 e. The summed E-state index contributed by atoms with van der Waals surface area (Å²) in [4.78, 5) is 13.5. The van der Waals surface area contributed by atoms with Crippen LogP contribution in [0.5, 0.6) is 0 Å². The van der Waals surface area contributed by atoms with Crippen LogP contribution in [-0.4, -0.2) is 25.7 Å². The molecule has 1 aliphatic rings. The zero-order chi connectivity index (χ0) is 12.3. The molecule has 1 aromatic carbocycles. The lowest BCUT2D eigenvalue weighted by molar-refractivity contribution is 0.236. The van der Waals surface area contributed by atoms with Crippen molar-refractivity contribution in [1.29, 1.82) is 0 Å². The zero-order valence-electron chi connectivity index (χ0n) is 9.53. The van der Waals surface area contributed by atoms with Gasteiger partial charge in [0, 0.05) is 13.1 Å². The van der Waals surface area contributed by atoms with Crippen LogP contribution in [0.4, 0.5) is 10.5 Å². The molecule has 0 bridgehead atoms. The van der Waals surface area contributed by atoms with Gasteiger partial charge >= 0.3 is 6.03 Å². The molecule has 0 aliphatic carbocycles. The first-order chi connectivity index (χ1) is 8.22. The summed E-state index contributed by atoms with van der Waals surface area (Å²) in [6.45, 7) is 2.00. The van der Waals surface area contributed by atoms with Crippen LogP contribution in [-0.2, 0) is 0 Å². The van der Waals surface area contributed by atoms with Gasteiger partial charge < -0.3 is 11.1 Å². The summed E-state index contributed by atoms with van der Waals surface area (Å²) in [5.41, 5.74) is 6.31. The summed E-state index contributed by atoms with van der Waals surface area (Å²) in [5.74, 6) is 0.383. The molecular formula is C12H16ClN3O. The van der Waals surface area contributed by atoms with Crippen molar-refractivity contribution in [1.82, 2.24) is 5.32 Å². The van der Waals surface area contributed by atoms with E-state index in [1.807, 2.05) is 18.2 Å². The normalized spacial score (nSPS) is 20.2. The Morgan fingerprint density at radius 2 is 2.24 bits per heavy atom. The molecule has 3 N–H and O–H groups in total. The van der Waals surface area contributed by atoms with Gasteiger partial charge in [-0.25, -0.2) is 4.79 Å². The third-order valence-corrected chi connectivity index (χ3v) is 3.27. The average molecular weight is 254 g/mol. The molecule has 92 valence electrons. The Kier molecular flexibility index (Phi) is 3.86. The number of amides is 2. The highest BCUT2D eigenvalue weighted by molar-refractivity contribution is 6.33. The number of nitrogens with two attached hydrogens (primary N) is 1. The Morgan fingerprint density at radius 1 is 1.47 bits per heavy atom. The van der Waals surface area contributed by atoms with Gasteiger partial charge in [0.05, 0.1) is 10.7 Å². The molecule has 2 amide bonds. The highest BCUT2D eigenvalue weighted by Crippen LogP contribution is 2.27. The van der Waals surface area contributed by atoms with Crippen LogP contribution < -0.4 is 16.0 Å². The van der Waals surface area contributed by atoms with Gasteiger partial charge in [-0.3, -0.25) is 4.90 Å². The molecule has 0 radical (unpaired) electrons. The second kappa shape index (κ2) is 5.38. The van der Waals surface area contributed by atoms with E-state index in [1.54, 1.807) is 11.0 Å². The Morgan fingerprint density at radius 3 is 2.94 bits per heavy atom. The monoisotopic (exact) mass is 253 g/mol. The van der Waals surface area contributed by atoms with Gasteiger partial charge in [-0.1, -0.05) is 23.7 Å². The van der Waals surface area contributed by atoms with Crippen LogP contribution in [0.25, 0.3) is 0 Å². The van der Waals surface area contributed by atoms with E-state index in [0.717, 1.165) is 12.1 Å². The number of benzene rings is 1. The summed E-state index contributed by atoms with van der Waals surface area (Å²) in [6.07, 6.45) is 0.904. The molecule has 4 nitrogen and oxygen atoms in total. The fourth-order valence-corrected chi connectivity index (χ4v) is 2.28. The van der Waals surface area contributed by atoms with Crippen molar-refractivity contribution < 1.29 is 4.79 Å². The van der Waals surface area contributed by atoms with Crippen LogP contribution >= 0.6 is 11.6 Å². The van der Waals surface area contributed by atoms with Gasteiger partial charge in [-0.15, -0.1) is 0 Å². The van der Waals surface area contributed by atoms with E-state index in [0.29, 0.717) is 30.6 Å². The van der Waals surface area contributed by atoms with E-state index in [9.17, 15) is 4.79 Å². The molecule has 5 heteroatoms. The molecular weight excluding hydrogens is 238 g/mol. The van der Waals surface area contributed by atoms with Gasteiger partial charge in [0.25, 0.3) is 0 Å². The number of rotatable bonds is 3. The molecule has 0 saturated carbocycles. The maximum absolute atomic E-state index is 11.8. The SMILES string of the molecule is NCCC1CNC(=O)N(c2ccccc2Cl)C1. The van der Waals surface area contributed by atoms with E-state index in [2.05, 4.69) is 5.32 Å². The predicted molar refractivity (Wildman–Crippen MR) is 69.4 cm³/mol. The highest BCUT2D eigenvalue weighted by atomic mass is 35.5. The van der Waals surface area contributed by atoms with Crippen LogP contribution in [0.3, 0.4) is 0 Å². The summed E-state index contributed by atoms with van der Waals surface area (Å²) in [5, 5.41) is 3.46. The second-order valence-corrected chi connectivity index (χ2v) is 4.60. The lowest BCUT2D eigenvalue weighted by Crippen LogP contribution is -2.51. The van der Waals surface area contributed by atoms with Crippen molar-refractivity contribution in [2.45, 2.75) is 6.42 Å². The number of para-hydroxylation sites is 1. The van der Waals surface area contributed by atoms with Gasteiger partial charge in [-0.05, 0) is 31.0 Å². The molecule has 1 atom stereocenters. The molecule has 1 aromatic rings. The van der Waals surface area contributed by atoms with Gasteiger partial charge in [0.1, 0.15) is 0 Å². The van der Waals surface area contributed by atoms with Crippen molar-refractivity contribution >= 4 is 23.3 Å². The van der Waals surface area contributed by atoms with Crippen molar-refractivity contribution in [3.63, 3.8) is 0 Å². The summed E-state index contributed by atoms with van der Waals surface area (Å²) >= 11 is 6.10. The topological polar surface area (TPSA) is 58.4 Å². The van der Waals surface area contributed by atoms with Crippen LogP contribution in [0, 0.1) is 5.92 Å². The Hall–Kier alpha value is -1.26. The second-order valence-electron chi connectivity index (χ2n) is 4.19. The molecule has 1 unspecified atom stereocenters. The first kappa shape index (κ1) is 12.2. The lowest BCUT2D eigenvalue weighted by atomic mass is 10.0. The number of hydrogen-bond donors (Lipinski definition) is 2. The van der Waals surface area contributed by atoms with E-state index < -0.39 is 0 Å². The molecule has 2 rings (SSSR count). The van der Waals surface area contributed by atoms with Gasteiger partial charge in [-0.2, -0.15) is 0 Å². The summed E-state index contributed by atoms with van der Waals surface area (Å²) in [7, 11) is 0. The number of nitrogens with zero attached hydrogens (tertiary/aromatic N) is 1. The number of carbonyl (C=O) groups is 1. The third-order valence-electron chi connectivity index (χ3n) is 2.95. The van der Waals surface area contributed by atoms with E-state index >= 15 is 0 Å². The average Bonchev–Trinajstić information content (AvgIpc) is 2.33. The minimum atomic E-state index is -0.0913. The Bertz CT molecular complexity index is 410. The molecule has 1 heterocycles. The number of halogens is 1. The van der Waals surface area contributed by atoms with E-state index in [4.69, 9.17) is 17.3 Å². The fraction of sp³-hybridized carbons (Fsp3) is 0.417. The molecule has 17 heavy (non-hydrogen) atoms. The number of urea groups is 1. The third kappa shape index (κ3) is 2.70. The number of anilines is 1. The first-order valence-electron chi connectivity index (χ1n) is 5.72. The van der Waals surface area contributed by atoms with Crippen molar-refractivity contribution in [2.24, 2.45) is 11.7 Å².